The largest absolute Gasteiger partial charge is 0.478 e. The van der Waals surface area contributed by atoms with E-state index in [4.69, 9.17) is 5.11 Å². The molecule has 86 valence electrons. The van der Waals surface area contributed by atoms with Crippen LogP contribution in [-0.4, -0.2) is 16.1 Å². The molecule has 1 heterocycles. The zero-order chi connectivity index (χ0) is 12.4. The molecule has 0 amide bonds. The molecule has 0 radical (unpaired) electrons. The van der Waals surface area contributed by atoms with Crippen LogP contribution in [0.25, 0.3) is 11.1 Å². The van der Waals surface area contributed by atoms with Gasteiger partial charge in [0.25, 0.3) is 0 Å². The Morgan fingerprint density at radius 3 is 2.41 bits per heavy atom. The van der Waals surface area contributed by atoms with Gasteiger partial charge in [0, 0.05) is 17.8 Å². The Morgan fingerprint density at radius 1 is 1.18 bits per heavy atom. The van der Waals surface area contributed by atoms with Crippen LogP contribution < -0.4 is 0 Å². The van der Waals surface area contributed by atoms with Crippen molar-refractivity contribution in [1.82, 2.24) is 4.98 Å². The molecule has 0 fully saturated rings. The first-order valence-electron chi connectivity index (χ1n) is 4.72. The van der Waals surface area contributed by atoms with Gasteiger partial charge in [-0.15, -0.1) is 0 Å². The quantitative estimate of drug-likeness (QED) is 0.814. The van der Waals surface area contributed by atoms with Crippen molar-refractivity contribution in [3.63, 3.8) is 0 Å². The van der Waals surface area contributed by atoms with Crippen molar-refractivity contribution in [2.24, 2.45) is 0 Å². The number of pyridine rings is 1. The van der Waals surface area contributed by atoms with Gasteiger partial charge in [-0.1, -0.05) is 12.1 Å². The number of rotatable bonds is 2. The summed E-state index contributed by atoms with van der Waals surface area (Å²) in [4.78, 5) is 14.3. The average molecular weight is 235 g/mol. The van der Waals surface area contributed by atoms with E-state index < -0.39 is 17.7 Å². The molecule has 1 aromatic heterocycles. The lowest BCUT2D eigenvalue weighted by molar-refractivity contribution is 0.0697. The summed E-state index contributed by atoms with van der Waals surface area (Å²) in [6.07, 6.45) is 1.12. The molecule has 1 aromatic carbocycles. The fraction of sp³-hybridized carbons (Fsp3) is 0. The van der Waals surface area contributed by atoms with Gasteiger partial charge in [0.05, 0.1) is 5.56 Å². The summed E-state index contributed by atoms with van der Waals surface area (Å²) >= 11 is 0. The van der Waals surface area contributed by atoms with E-state index >= 15 is 0 Å². The highest BCUT2D eigenvalue weighted by Gasteiger charge is 2.13. The molecule has 0 spiro atoms. The highest BCUT2D eigenvalue weighted by molar-refractivity contribution is 5.95. The summed E-state index contributed by atoms with van der Waals surface area (Å²) in [6.45, 7) is 0. The first kappa shape index (κ1) is 11.2. The molecule has 0 saturated heterocycles. The Hall–Kier alpha value is -2.30. The number of carboxylic acid groups (broad SMARTS) is 1. The third-order valence-corrected chi connectivity index (χ3v) is 2.26. The van der Waals surface area contributed by atoms with E-state index in [-0.39, 0.29) is 11.1 Å². The number of hydrogen-bond acceptors (Lipinski definition) is 2. The second-order valence-corrected chi connectivity index (χ2v) is 3.36. The SMILES string of the molecule is O=C(O)c1cc(F)ncc1-c1ccc(F)cc1. The van der Waals surface area contributed by atoms with E-state index in [2.05, 4.69) is 4.98 Å². The lowest BCUT2D eigenvalue weighted by Gasteiger charge is -2.05. The highest BCUT2D eigenvalue weighted by Crippen LogP contribution is 2.23. The number of carbonyl (C=O) groups is 1. The molecule has 1 N–H and O–H groups in total. The molecule has 5 heteroatoms. The van der Waals surface area contributed by atoms with Gasteiger partial charge in [-0.3, -0.25) is 0 Å². The minimum atomic E-state index is -1.26. The number of nitrogens with zero attached hydrogens (tertiary/aromatic N) is 1. The van der Waals surface area contributed by atoms with Crippen LogP contribution in [0.5, 0.6) is 0 Å². The maximum absolute atomic E-state index is 12.9. The Labute approximate surface area is 95.4 Å². The average Bonchev–Trinajstić information content (AvgIpc) is 2.30. The summed E-state index contributed by atoms with van der Waals surface area (Å²) in [5.74, 6) is -2.56. The van der Waals surface area contributed by atoms with Crippen molar-refractivity contribution in [3.8, 4) is 11.1 Å². The van der Waals surface area contributed by atoms with Crippen molar-refractivity contribution >= 4 is 5.97 Å². The molecule has 0 aliphatic carbocycles. The first-order valence-corrected chi connectivity index (χ1v) is 4.72. The van der Waals surface area contributed by atoms with Crippen LogP contribution >= 0.6 is 0 Å². The Balaban J connectivity index is 2.58. The smallest absolute Gasteiger partial charge is 0.336 e. The van der Waals surface area contributed by atoms with Crippen molar-refractivity contribution in [3.05, 3.63) is 53.9 Å². The zero-order valence-corrected chi connectivity index (χ0v) is 8.52. The Bertz CT molecular complexity index is 567. The predicted molar refractivity (Wildman–Crippen MR) is 56.5 cm³/mol. The van der Waals surface area contributed by atoms with Gasteiger partial charge < -0.3 is 5.11 Å². The molecule has 0 atom stereocenters. The van der Waals surface area contributed by atoms with Gasteiger partial charge in [-0.25, -0.2) is 14.2 Å². The topological polar surface area (TPSA) is 50.2 Å². The van der Waals surface area contributed by atoms with Crippen LogP contribution in [-0.2, 0) is 0 Å². The number of aromatic carboxylic acids is 1. The lowest BCUT2D eigenvalue weighted by Crippen LogP contribution is -2.02. The van der Waals surface area contributed by atoms with Crippen LogP contribution in [0, 0.1) is 11.8 Å². The summed E-state index contributed by atoms with van der Waals surface area (Å²) in [5, 5.41) is 8.94. The maximum Gasteiger partial charge on any atom is 0.336 e. The van der Waals surface area contributed by atoms with E-state index in [0.29, 0.717) is 5.56 Å². The van der Waals surface area contributed by atoms with Crippen LogP contribution in [0.4, 0.5) is 8.78 Å². The molecule has 0 unspecified atom stereocenters. The molecular weight excluding hydrogens is 228 g/mol. The second kappa shape index (κ2) is 4.29. The monoisotopic (exact) mass is 235 g/mol. The zero-order valence-electron chi connectivity index (χ0n) is 8.52. The molecule has 17 heavy (non-hydrogen) atoms. The van der Waals surface area contributed by atoms with Gasteiger partial charge in [0.1, 0.15) is 5.82 Å². The Kier molecular flexibility index (Phi) is 2.82. The van der Waals surface area contributed by atoms with Crippen molar-refractivity contribution in [1.29, 1.82) is 0 Å². The number of hydrogen-bond donors (Lipinski definition) is 1. The molecule has 0 aliphatic heterocycles. The maximum atomic E-state index is 12.9. The van der Waals surface area contributed by atoms with Crippen LogP contribution in [0.15, 0.2) is 36.5 Å². The van der Waals surface area contributed by atoms with E-state index in [1.807, 2.05) is 0 Å². The summed E-state index contributed by atoms with van der Waals surface area (Å²) in [6, 6.07) is 6.06. The molecule has 2 rings (SSSR count). The van der Waals surface area contributed by atoms with E-state index in [1.165, 1.54) is 24.3 Å². The molecule has 2 aromatic rings. The highest BCUT2D eigenvalue weighted by atomic mass is 19.1. The van der Waals surface area contributed by atoms with Crippen molar-refractivity contribution in [2.75, 3.05) is 0 Å². The molecule has 0 aliphatic rings. The van der Waals surface area contributed by atoms with Crippen molar-refractivity contribution < 1.29 is 18.7 Å². The normalized spacial score (nSPS) is 10.2. The van der Waals surface area contributed by atoms with E-state index in [1.54, 1.807) is 0 Å². The summed E-state index contributed by atoms with van der Waals surface area (Å²) in [7, 11) is 0. The van der Waals surface area contributed by atoms with Gasteiger partial charge in [-0.2, -0.15) is 4.39 Å². The number of benzene rings is 1. The molecule has 3 nitrogen and oxygen atoms in total. The molecule has 0 saturated carbocycles. The van der Waals surface area contributed by atoms with Gasteiger partial charge in [0.2, 0.25) is 5.95 Å². The minimum absolute atomic E-state index is 0.205. The minimum Gasteiger partial charge on any atom is -0.478 e. The Morgan fingerprint density at radius 2 is 1.82 bits per heavy atom. The van der Waals surface area contributed by atoms with E-state index in [0.717, 1.165) is 12.3 Å². The van der Waals surface area contributed by atoms with Crippen LogP contribution in [0.2, 0.25) is 0 Å². The predicted octanol–water partition coefficient (Wildman–Crippen LogP) is 2.73. The molecule has 0 bridgehead atoms. The summed E-state index contributed by atoms with van der Waals surface area (Å²) < 4.78 is 25.6. The van der Waals surface area contributed by atoms with Crippen LogP contribution in [0.1, 0.15) is 10.4 Å². The van der Waals surface area contributed by atoms with Crippen LogP contribution in [0.3, 0.4) is 0 Å². The number of aromatic nitrogens is 1. The third-order valence-electron chi connectivity index (χ3n) is 2.26. The second-order valence-electron chi connectivity index (χ2n) is 3.36. The number of carboxylic acids is 1. The fourth-order valence-electron chi connectivity index (χ4n) is 1.47. The fourth-order valence-corrected chi connectivity index (χ4v) is 1.47. The van der Waals surface area contributed by atoms with Gasteiger partial charge in [-0.05, 0) is 17.7 Å². The number of halogens is 2. The third kappa shape index (κ3) is 2.28. The molecular formula is C12H7F2NO2. The van der Waals surface area contributed by atoms with E-state index in [9.17, 15) is 13.6 Å². The summed E-state index contributed by atoms with van der Waals surface area (Å²) in [5.41, 5.74) is 0.513. The van der Waals surface area contributed by atoms with Gasteiger partial charge >= 0.3 is 5.97 Å². The van der Waals surface area contributed by atoms with Crippen molar-refractivity contribution in [2.45, 2.75) is 0 Å². The first-order chi connectivity index (χ1) is 8.08. The standard InChI is InChI=1S/C12H7F2NO2/c13-8-3-1-7(2-4-8)10-6-15-11(14)5-9(10)12(16)17/h1-6H,(H,16,17). The van der Waals surface area contributed by atoms with Gasteiger partial charge in [0.15, 0.2) is 0 Å². The lowest BCUT2D eigenvalue weighted by atomic mass is 10.0.